The first-order valence-corrected chi connectivity index (χ1v) is 5.96. The van der Waals surface area contributed by atoms with E-state index in [9.17, 15) is 14.4 Å². The Labute approximate surface area is 123 Å². The molecular formula is C15H18O6. The highest BCUT2D eigenvalue weighted by molar-refractivity contribution is 6.04. The van der Waals surface area contributed by atoms with Crippen molar-refractivity contribution >= 4 is 17.9 Å². The van der Waals surface area contributed by atoms with Crippen LogP contribution in [0.2, 0.25) is 0 Å². The van der Waals surface area contributed by atoms with Crippen LogP contribution in [0.5, 0.6) is 0 Å². The Morgan fingerprint density at radius 2 is 1.33 bits per heavy atom. The van der Waals surface area contributed by atoms with E-state index in [-0.39, 0.29) is 29.9 Å². The molecule has 6 heteroatoms. The molecule has 0 rings (SSSR count). The van der Waals surface area contributed by atoms with Crippen molar-refractivity contribution in [3.05, 3.63) is 48.6 Å². The minimum absolute atomic E-state index is 0.0589. The van der Waals surface area contributed by atoms with Crippen molar-refractivity contribution in [3.8, 4) is 0 Å². The monoisotopic (exact) mass is 294 g/mol. The van der Waals surface area contributed by atoms with Crippen molar-refractivity contribution in [2.75, 3.05) is 20.3 Å². The van der Waals surface area contributed by atoms with Crippen LogP contribution in [0.3, 0.4) is 0 Å². The van der Waals surface area contributed by atoms with Gasteiger partial charge in [0.25, 0.3) is 0 Å². The van der Waals surface area contributed by atoms with Crippen LogP contribution in [-0.4, -0.2) is 38.2 Å². The second-order valence-electron chi connectivity index (χ2n) is 3.78. The van der Waals surface area contributed by atoms with Gasteiger partial charge in [-0.3, -0.25) is 0 Å². The van der Waals surface area contributed by atoms with E-state index in [1.165, 1.54) is 20.1 Å². The number of hydrogen-bond donors (Lipinski definition) is 0. The number of esters is 3. The molecule has 0 N–H and O–H groups in total. The standard InChI is InChI=1S/C15H18O6/c1-6-11(14(17)19-5)12(7-2)15(18)21-9-8-20-13(16)10(3)4/h6-7H,1-3,8-9H2,4-5H3/b12-11-. The maximum atomic E-state index is 11.8. The molecule has 0 heterocycles. The number of methoxy groups -OCH3 is 1. The summed E-state index contributed by atoms with van der Waals surface area (Å²) in [6.45, 7) is 11.5. The van der Waals surface area contributed by atoms with Gasteiger partial charge in [0, 0.05) is 5.57 Å². The largest absolute Gasteiger partial charge is 0.465 e. The fourth-order valence-electron chi connectivity index (χ4n) is 1.19. The average Bonchev–Trinajstić information content (AvgIpc) is 2.47. The zero-order valence-corrected chi connectivity index (χ0v) is 12.1. The van der Waals surface area contributed by atoms with Crippen LogP contribution in [0.4, 0.5) is 0 Å². The molecule has 0 unspecified atom stereocenters. The molecule has 21 heavy (non-hydrogen) atoms. The van der Waals surface area contributed by atoms with Crippen molar-refractivity contribution in [1.29, 1.82) is 0 Å². The summed E-state index contributed by atoms with van der Waals surface area (Å²) in [5, 5.41) is 0. The second-order valence-corrected chi connectivity index (χ2v) is 3.78. The lowest BCUT2D eigenvalue weighted by Crippen LogP contribution is -2.17. The molecule has 0 aromatic heterocycles. The van der Waals surface area contributed by atoms with Crippen molar-refractivity contribution in [2.45, 2.75) is 6.92 Å². The average molecular weight is 294 g/mol. The van der Waals surface area contributed by atoms with Gasteiger partial charge in [-0.1, -0.05) is 31.9 Å². The van der Waals surface area contributed by atoms with E-state index >= 15 is 0 Å². The summed E-state index contributed by atoms with van der Waals surface area (Å²) >= 11 is 0. The van der Waals surface area contributed by atoms with Crippen molar-refractivity contribution in [1.82, 2.24) is 0 Å². The van der Waals surface area contributed by atoms with Crippen LogP contribution < -0.4 is 0 Å². The summed E-state index contributed by atoms with van der Waals surface area (Å²) in [7, 11) is 1.18. The summed E-state index contributed by atoms with van der Waals surface area (Å²) in [4.78, 5) is 34.4. The van der Waals surface area contributed by atoms with Gasteiger partial charge in [-0.15, -0.1) is 0 Å². The molecule has 0 fully saturated rings. The van der Waals surface area contributed by atoms with Crippen LogP contribution in [0.15, 0.2) is 48.6 Å². The van der Waals surface area contributed by atoms with E-state index < -0.39 is 17.9 Å². The molecule has 0 aromatic carbocycles. The van der Waals surface area contributed by atoms with Gasteiger partial charge >= 0.3 is 17.9 Å². The normalized spacial score (nSPS) is 10.8. The van der Waals surface area contributed by atoms with E-state index in [4.69, 9.17) is 9.47 Å². The summed E-state index contributed by atoms with van der Waals surface area (Å²) in [5.74, 6) is -2.10. The van der Waals surface area contributed by atoms with Gasteiger partial charge < -0.3 is 14.2 Å². The number of hydrogen-bond acceptors (Lipinski definition) is 6. The van der Waals surface area contributed by atoms with E-state index in [0.29, 0.717) is 0 Å². The molecule has 0 aliphatic carbocycles. The third-order valence-corrected chi connectivity index (χ3v) is 2.22. The van der Waals surface area contributed by atoms with Gasteiger partial charge in [0.05, 0.1) is 18.3 Å². The minimum Gasteiger partial charge on any atom is -0.465 e. The second kappa shape index (κ2) is 9.30. The van der Waals surface area contributed by atoms with Crippen molar-refractivity contribution < 1.29 is 28.6 Å². The van der Waals surface area contributed by atoms with Gasteiger partial charge in [0.2, 0.25) is 0 Å². The summed E-state index contributed by atoms with van der Waals surface area (Å²) in [5.41, 5.74) is 0.104. The third-order valence-electron chi connectivity index (χ3n) is 2.22. The SMILES string of the molecule is C=C/C(C(=O)OC)=C(\C=C)C(=O)OCCOC(=O)C(=C)C. The van der Waals surface area contributed by atoms with Crippen LogP contribution in [-0.2, 0) is 28.6 Å². The first-order chi connectivity index (χ1) is 9.88. The Morgan fingerprint density at radius 1 is 0.905 bits per heavy atom. The molecule has 0 radical (unpaired) electrons. The number of carbonyl (C=O) groups is 3. The highest BCUT2D eigenvalue weighted by Gasteiger charge is 2.18. The molecule has 0 saturated carbocycles. The lowest BCUT2D eigenvalue weighted by molar-refractivity contribution is -0.147. The predicted molar refractivity (Wildman–Crippen MR) is 76.2 cm³/mol. The highest BCUT2D eigenvalue weighted by atomic mass is 16.6. The Kier molecular flexibility index (Phi) is 8.14. The Balaban J connectivity index is 4.68. The topological polar surface area (TPSA) is 78.9 Å². The number of rotatable bonds is 8. The van der Waals surface area contributed by atoms with Crippen LogP contribution in [0, 0.1) is 0 Å². The first-order valence-electron chi connectivity index (χ1n) is 5.96. The quantitative estimate of drug-likeness (QED) is 0.222. The fourth-order valence-corrected chi connectivity index (χ4v) is 1.19. The molecule has 0 aliphatic heterocycles. The number of ether oxygens (including phenoxy) is 3. The van der Waals surface area contributed by atoms with E-state index in [0.717, 1.165) is 6.08 Å². The van der Waals surface area contributed by atoms with E-state index in [1.54, 1.807) is 0 Å². The van der Waals surface area contributed by atoms with Crippen LogP contribution in [0.25, 0.3) is 0 Å². The summed E-state index contributed by atoms with van der Waals surface area (Å²) < 4.78 is 14.1. The Bertz CT molecular complexity index is 498. The van der Waals surface area contributed by atoms with Gasteiger partial charge in [-0.05, 0) is 6.92 Å². The molecule has 0 atom stereocenters. The van der Waals surface area contributed by atoms with Crippen molar-refractivity contribution in [2.24, 2.45) is 0 Å². The first kappa shape index (κ1) is 18.4. The molecule has 0 bridgehead atoms. The van der Waals surface area contributed by atoms with Gasteiger partial charge in [0.1, 0.15) is 13.2 Å². The van der Waals surface area contributed by atoms with E-state index in [1.807, 2.05) is 0 Å². The molecular weight excluding hydrogens is 276 g/mol. The fraction of sp³-hybridized carbons (Fsp3) is 0.267. The lowest BCUT2D eigenvalue weighted by Gasteiger charge is -2.09. The predicted octanol–water partition coefficient (Wildman–Crippen LogP) is 1.49. The van der Waals surface area contributed by atoms with Gasteiger partial charge in [0.15, 0.2) is 0 Å². The van der Waals surface area contributed by atoms with Gasteiger partial charge in [-0.25, -0.2) is 14.4 Å². The molecule has 0 aliphatic rings. The maximum Gasteiger partial charge on any atom is 0.339 e. The van der Waals surface area contributed by atoms with Crippen LogP contribution >= 0.6 is 0 Å². The zero-order valence-electron chi connectivity index (χ0n) is 12.1. The van der Waals surface area contributed by atoms with E-state index in [2.05, 4.69) is 24.5 Å². The van der Waals surface area contributed by atoms with Crippen LogP contribution in [0.1, 0.15) is 6.92 Å². The molecule has 114 valence electrons. The highest BCUT2D eigenvalue weighted by Crippen LogP contribution is 2.11. The maximum absolute atomic E-state index is 11.8. The molecule has 0 aromatic rings. The molecule has 6 nitrogen and oxygen atoms in total. The number of carbonyl (C=O) groups excluding carboxylic acids is 3. The summed E-state index contributed by atoms with van der Waals surface area (Å²) in [6, 6.07) is 0. The lowest BCUT2D eigenvalue weighted by atomic mass is 10.1. The molecule has 0 saturated heterocycles. The zero-order chi connectivity index (χ0) is 16.4. The Morgan fingerprint density at radius 3 is 1.71 bits per heavy atom. The van der Waals surface area contributed by atoms with Crippen molar-refractivity contribution in [3.63, 3.8) is 0 Å². The molecule has 0 amide bonds. The summed E-state index contributed by atoms with van der Waals surface area (Å²) in [6.07, 6.45) is 2.33. The Hall–Kier alpha value is -2.63. The molecule has 0 spiro atoms. The minimum atomic E-state index is -0.795. The third kappa shape index (κ3) is 5.90. The van der Waals surface area contributed by atoms with Gasteiger partial charge in [-0.2, -0.15) is 0 Å². The smallest absolute Gasteiger partial charge is 0.339 e.